The summed E-state index contributed by atoms with van der Waals surface area (Å²) in [4.78, 5) is 12.1. The van der Waals surface area contributed by atoms with Gasteiger partial charge >= 0.3 is 0 Å². The molecule has 18 heavy (non-hydrogen) atoms. The predicted octanol–water partition coefficient (Wildman–Crippen LogP) is 2.09. The molecule has 2 rings (SSSR count). The zero-order chi connectivity index (χ0) is 13.3. The van der Waals surface area contributed by atoms with Crippen LogP contribution in [-0.4, -0.2) is 28.7 Å². The smallest absolute Gasteiger partial charge is 0.292 e. The van der Waals surface area contributed by atoms with E-state index in [1.54, 1.807) is 11.8 Å². The Kier molecular flexibility index (Phi) is 3.21. The Morgan fingerprint density at radius 3 is 2.61 bits per heavy atom. The van der Waals surface area contributed by atoms with Crippen molar-refractivity contribution >= 4 is 11.4 Å². The van der Waals surface area contributed by atoms with Crippen molar-refractivity contribution in [3.63, 3.8) is 0 Å². The third-order valence-corrected chi connectivity index (χ3v) is 3.32. The molecule has 0 aromatic heterocycles. The van der Waals surface area contributed by atoms with E-state index in [0.29, 0.717) is 25.9 Å². The molecule has 1 heterocycles. The van der Waals surface area contributed by atoms with Crippen LogP contribution in [0.4, 0.5) is 15.8 Å². The zero-order valence-corrected chi connectivity index (χ0v) is 10.1. The van der Waals surface area contributed by atoms with Gasteiger partial charge in [0.15, 0.2) is 0 Å². The predicted molar refractivity (Wildman–Crippen MR) is 65.1 cm³/mol. The third kappa shape index (κ3) is 2.59. The quantitative estimate of drug-likeness (QED) is 0.648. The Balaban J connectivity index is 2.28. The number of nitro groups is 1. The molecule has 1 aliphatic heterocycles. The summed E-state index contributed by atoms with van der Waals surface area (Å²) in [6.07, 6.45) is 1.03. The maximum atomic E-state index is 13.2. The number of hydrogen-bond donors (Lipinski definition) is 1. The normalized spacial score (nSPS) is 18.7. The molecule has 6 heteroatoms. The molecule has 98 valence electrons. The highest BCUT2D eigenvalue weighted by atomic mass is 19.1. The maximum absolute atomic E-state index is 13.2. The van der Waals surface area contributed by atoms with Crippen LogP contribution in [0.25, 0.3) is 0 Å². The number of rotatable bonds is 2. The molecule has 0 bridgehead atoms. The van der Waals surface area contributed by atoms with Gasteiger partial charge in [-0.05, 0) is 25.8 Å². The van der Waals surface area contributed by atoms with Gasteiger partial charge in [0.2, 0.25) is 0 Å². The molecule has 0 atom stereocenters. The fourth-order valence-corrected chi connectivity index (χ4v) is 2.13. The summed E-state index contributed by atoms with van der Waals surface area (Å²) in [5.41, 5.74) is -0.549. The lowest BCUT2D eigenvalue weighted by Gasteiger charge is -2.36. The van der Waals surface area contributed by atoms with Gasteiger partial charge < -0.3 is 10.0 Å². The first kappa shape index (κ1) is 12.8. The highest BCUT2D eigenvalue weighted by Crippen LogP contribution is 2.32. The van der Waals surface area contributed by atoms with Crippen molar-refractivity contribution in [2.24, 2.45) is 0 Å². The molecule has 1 aromatic carbocycles. The largest absolute Gasteiger partial charge is 0.390 e. The van der Waals surface area contributed by atoms with E-state index < -0.39 is 16.3 Å². The molecule has 5 nitrogen and oxygen atoms in total. The molecule has 1 N–H and O–H groups in total. The molecule has 1 aromatic rings. The minimum Gasteiger partial charge on any atom is -0.390 e. The van der Waals surface area contributed by atoms with Crippen molar-refractivity contribution in [3.8, 4) is 0 Å². The van der Waals surface area contributed by atoms with E-state index in [4.69, 9.17) is 0 Å². The van der Waals surface area contributed by atoms with Crippen molar-refractivity contribution in [3.05, 3.63) is 34.1 Å². The average Bonchev–Trinajstić information content (AvgIpc) is 2.28. The van der Waals surface area contributed by atoms with Gasteiger partial charge in [0.05, 0.1) is 10.5 Å². The van der Waals surface area contributed by atoms with Crippen LogP contribution in [0.3, 0.4) is 0 Å². The van der Waals surface area contributed by atoms with Crippen molar-refractivity contribution in [2.45, 2.75) is 25.4 Å². The summed E-state index contributed by atoms with van der Waals surface area (Å²) in [5, 5.41) is 20.7. The second kappa shape index (κ2) is 4.53. The molecule has 0 aliphatic carbocycles. The summed E-state index contributed by atoms with van der Waals surface area (Å²) in [6.45, 7) is 2.71. The van der Waals surface area contributed by atoms with Crippen LogP contribution < -0.4 is 4.90 Å². The number of nitro benzene ring substituents is 1. The fourth-order valence-electron chi connectivity index (χ4n) is 2.13. The van der Waals surface area contributed by atoms with E-state index in [0.717, 1.165) is 6.07 Å². The SMILES string of the molecule is CC1(O)CCN(c2cc(F)ccc2[N+](=O)[O-])CC1. The topological polar surface area (TPSA) is 66.6 Å². The summed E-state index contributed by atoms with van der Waals surface area (Å²) in [5.74, 6) is -0.493. The Hall–Kier alpha value is -1.69. The molecule has 0 saturated carbocycles. The Bertz CT molecular complexity index is 466. The van der Waals surface area contributed by atoms with E-state index in [-0.39, 0.29) is 11.4 Å². The monoisotopic (exact) mass is 254 g/mol. The number of aliphatic hydroxyl groups is 1. The summed E-state index contributed by atoms with van der Waals surface area (Å²) in [7, 11) is 0. The van der Waals surface area contributed by atoms with Gasteiger partial charge in [0.25, 0.3) is 5.69 Å². The number of nitrogens with zero attached hydrogens (tertiary/aromatic N) is 2. The number of anilines is 1. The molecule has 0 unspecified atom stereocenters. The molecule has 1 saturated heterocycles. The molecule has 0 amide bonds. The van der Waals surface area contributed by atoms with Crippen molar-refractivity contribution in [1.29, 1.82) is 0 Å². The molecule has 1 fully saturated rings. The van der Waals surface area contributed by atoms with Gasteiger partial charge in [-0.2, -0.15) is 0 Å². The first-order valence-corrected chi connectivity index (χ1v) is 5.80. The highest BCUT2D eigenvalue weighted by Gasteiger charge is 2.30. The van der Waals surface area contributed by atoms with Gasteiger partial charge in [0, 0.05) is 25.2 Å². The van der Waals surface area contributed by atoms with Crippen molar-refractivity contribution in [1.82, 2.24) is 0 Å². The van der Waals surface area contributed by atoms with Gasteiger partial charge in [-0.15, -0.1) is 0 Å². The molecule has 0 radical (unpaired) electrons. The van der Waals surface area contributed by atoms with Crippen molar-refractivity contribution in [2.75, 3.05) is 18.0 Å². The third-order valence-electron chi connectivity index (χ3n) is 3.32. The van der Waals surface area contributed by atoms with Gasteiger partial charge in [-0.3, -0.25) is 10.1 Å². The van der Waals surface area contributed by atoms with Gasteiger partial charge in [0.1, 0.15) is 11.5 Å². The van der Waals surface area contributed by atoms with E-state index in [1.165, 1.54) is 12.1 Å². The standard InChI is InChI=1S/C12H15FN2O3/c1-12(16)4-6-14(7-5-12)11-8-9(13)2-3-10(11)15(17)18/h2-3,8,16H,4-7H2,1H3. The second-order valence-corrected chi connectivity index (χ2v) is 4.87. The zero-order valence-electron chi connectivity index (χ0n) is 10.1. The lowest BCUT2D eigenvalue weighted by Crippen LogP contribution is -2.42. The van der Waals surface area contributed by atoms with Crippen molar-refractivity contribution < 1.29 is 14.4 Å². The first-order chi connectivity index (χ1) is 8.39. The number of halogens is 1. The average molecular weight is 254 g/mol. The first-order valence-electron chi connectivity index (χ1n) is 5.80. The Morgan fingerprint density at radius 2 is 2.06 bits per heavy atom. The van der Waals surface area contributed by atoms with Crippen LogP contribution >= 0.6 is 0 Å². The molecular weight excluding hydrogens is 239 g/mol. The lowest BCUT2D eigenvalue weighted by atomic mass is 9.93. The van der Waals surface area contributed by atoms with Crippen LogP contribution in [-0.2, 0) is 0 Å². The molecule has 1 aliphatic rings. The van der Waals surface area contributed by atoms with E-state index in [2.05, 4.69) is 0 Å². The van der Waals surface area contributed by atoms with Crippen LogP contribution in [0.2, 0.25) is 0 Å². The molecule has 0 spiro atoms. The van der Waals surface area contributed by atoms with Gasteiger partial charge in [-0.25, -0.2) is 4.39 Å². The number of piperidine rings is 1. The maximum Gasteiger partial charge on any atom is 0.292 e. The van der Waals surface area contributed by atoms with Crippen LogP contribution in [0, 0.1) is 15.9 Å². The fraction of sp³-hybridized carbons (Fsp3) is 0.500. The van der Waals surface area contributed by atoms with E-state index >= 15 is 0 Å². The summed E-state index contributed by atoms with van der Waals surface area (Å²) < 4.78 is 13.2. The minimum atomic E-state index is -0.737. The lowest BCUT2D eigenvalue weighted by molar-refractivity contribution is -0.384. The second-order valence-electron chi connectivity index (χ2n) is 4.87. The minimum absolute atomic E-state index is 0.0991. The van der Waals surface area contributed by atoms with E-state index in [1.807, 2.05) is 0 Å². The number of hydrogen-bond acceptors (Lipinski definition) is 4. The van der Waals surface area contributed by atoms with Crippen LogP contribution in [0.5, 0.6) is 0 Å². The Morgan fingerprint density at radius 1 is 1.44 bits per heavy atom. The van der Waals surface area contributed by atoms with Crippen LogP contribution in [0.15, 0.2) is 18.2 Å². The molecular formula is C12H15FN2O3. The van der Waals surface area contributed by atoms with Crippen LogP contribution in [0.1, 0.15) is 19.8 Å². The summed E-state index contributed by atoms with van der Waals surface area (Å²) in [6, 6.07) is 3.44. The van der Waals surface area contributed by atoms with E-state index in [9.17, 15) is 19.6 Å². The Labute approximate surface area is 104 Å². The van der Waals surface area contributed by atoms with Gasteiger partial charge in [-0.1, -0.05) is 0 Å². The highest BCUT2D eigenvalue weighted by molar-refractivity contribution is 5.63. The number of benzene rings is 1. The summed E-state index contributed by atoms with van der Waals surface area (Å²) >= 11 is 0.